The number of nitrogens with one attached hydrogen (secondary N) is 1. The second kappa shape index (κ2) is 7.49. The van der Waals surface area contributed by atoms with Gasteiger partial charge in [-0.15, -0.1) is 0 Å². The zero-order valence-electron chi connectivity index (χ0n) is 13.8. The molecule has 0 atom stereocenters. The van der Waals surface area contributed by atoms with Crippen molar-refractivity contribution in [3.8, 4) is 0 Å². The third kappa shape index (κ3) is 3.94. The predicted octanol–water partition coefficient (Wildman–Crippen LogP) is 2.23. The van der Waals surface area contributed by atoms with E-state index in [-0.39, 0.29) is 17.6 Å². The number of carbonyl (C=O) groups is 1. The van der Waals surface area contributed by atoms with Crippen LogP contribution in [0.5, 0.6) is 0 Å². The first kappa shape index (κ1) is 16.5. The lowest BCUT2D eigenvalue weighted by Crippen LogP contribution is -2.41. The Balaban J connectivity index is 1.63. The van der Waals surface area contributed by atoms with Crippen molar-refractivity contribution in [2.75, 3.05) is 31.6 Å². The first-order valence-electron chi connectivity index (χ1n) is 8.33. The van der Waals surface area contributed by atoms with Crippen LogP contribution in [0.15, 0.2) is 39.5 Å². The van der Waals surface area contributed by atoms with Crippen molar-refractivity contribution in [3.05, 3.63) is 40.8 Å². The van der Waals surface area contributed by atoms with E-state index in [9.17, 15) is 9.59 Å². The van der Waals surface area contributed by atoms with Crippen molar-refractivity contribution >= 4 is 22.6 Å². The van der Waals surface area contributed by atoms with E-state index >= 15 is 0 Å². The Bertz CT molecular complexity index is 763. The summed E-state index contributed by atoms with van der Waals surface area (Å²) < 4.78 is 10.2. The molecule has 128 valence electrons. The molecule has 6 nitrogen and oxygen atoms in total. The molecule has 6 heteroatoms. The molecule has 1 aromatic carbocycles. The van der Waals surface area contributed by atoms with Gasteiger partial charge in [-0.1, -0.05) is 12.1 Å². The average molecular weight is 330 g/mol. The first-order valence-corrected chi connectivity index (χ1v) is 8.33. The van der Waals surface area contributed by atoms with Gasteiger partial charge < -0.3 is 14.5 Å². The number of hydrogen-bond acceptors (Lipinski definition) is 6. The van der Waals surface area contributed by atoms with Crippen LogP contribution in [0.4, 0.5) is 5.69 Å². The van der Waals surface area contributed by atoms with E-state index in [0.717, 1.165) is 37.0 Å². The van der Waals surface area contributed by atoms with Gasteiger partial charge in [-0.25, -0.2) is 4.79 Å². The van der Waals surface area contributed by atoms with Crippen molar-refractivity contribution in [1.29, 1.82) is 0 Å². The van der Waals surface area contributed by atoms with Crippen LogP contribution < -0.4 is 10.9 Å². The number of esters is 1. The van der Waals surface area contributed by atoms with Crippen LogP contribution in [0.3, 0.4) is 0 Å². The lowest BCUT2D eigenvalue weighted by atomic mass is 10.0. The number of nitrogens with zero attached hydrogens (tertiary/aromatic N) is 1. The molecule has 0 radical (unpaired) electrons. The normalized spacial score (nSPS) is 16.2. The van der Waals surface area contributed by atoms with Crippen molar-refractivity contribution < 1.29 is 13.9 Å². The van der Waals surface area contributed by atoms with Gasteiger partial charge in [-0.2, -0.15) is 0 Å². The van der Waals surface area contributed by atoms with E-state index in [0.29, 0.717) is 18.7 Å². The molecule has 1 aromatic heterocycles. The molecule has 0 bridgehead atoms. The number of anilines is 1. The van der Waals surface area contributed by atoms with Crippen LogP contribution in [0, 0.1) is 0 Å². The van der Waals surface area contributed by atoms with Crippen molar-refractivity contribution in [2.24, 2.45) is 0 Å². The van der Waals surface area contributed by atoms with Crippen molar-refractivity contribution in [1.82, 2.24) is 4.90 Å². The summed E-state index contributed by atoms with van der Waals surface area (Å²) >= 11 is 0. The fraction of sp³-hybridized carbons (Fsp3) is 0.444. The monoisotopic (exact) mass is 330 g/mol. The number of ether oxygens (including phenoxy) is 1. The Kier molecular flexibility index (Phi) is 5.15. The van der Waals surface area contributed by atoms with Gasteiger partial charge in [-0.05, 0) is 31.9 Å². The highest BCUT2D eigenvalue weighted by Gasteiger charge is 2.21. The number of piperidine rings is 1. The van der Waals surface area contributed by atoms with Gasteiger partial charge >= 0.3 is 11.6 Å². The molecular weight excluding hydrogens is 308 g/mol. The zero-order chi connectivity index (χ0) is 16.9. The van der Waals surface area contributed by atoms with E-state index < -0.39 is 0 Å². The van der Waals surface area contributed by atoms with Crippen LogP contribution in [0.25, 0.3) is 11.0 Å². The highest BCUT2D eigenvalue weighted by Crippen LogP contribution is 2.24. The van der Waals surface area contributed by atoms with Gasteiger partial charge in [0.2, 0.25) is 0 Å². The van der Waals surface area contributed by atoms with Crippen molar-refractivity contribution in [2.45, 2.75) is 25.8 Å². The van der Waals surface area contributed by atoms with E-state index in [4.69, 9.17) is 9.15 Å². The summed E-state index contributed by atoms with van der Waals surface area (Å²) in [5.41, 5.74) is 1.05. The molecule has 3 rings (SSSR count). The average Bonchev–Trinajstić information content (AvgIpc) is 2.57. The van der Waals surface area contributed by atoms with E-state index in [2.05, 4.69) is 10.2 Å². The van der Waals surface area contributed by atoms with Gasteiger partial charge in [0, 0.05) is 30.6 Å². The summed E-state index contributed by atoms with van der Waals surface area (Å²) in [6.07, 6.45) is 1.82. The molecule has 0 saturated carbocycles. The van der Waals surface area contributed by atoms with Crippen LogP contribution in [-0.2, 0) is 9.53 Å². The predicted molar refractivity (Wildman–Crippen MR) is 92.2 cm³/mol. The van der Waals surface area contributed by atoms with Crippen LogP contribution in [-0.4, -0.2) is 43.2 Å². The smallest absolute Gasteiger partial charge is 0.338 e. The number of benzene rings is 1. The topological polar surface area (TPSA) is 71.8 Å². The fourth-order valence-corrected chi connectivity index (χ4v) is 3.08. The summed E-state index contributed by atoms with van der Waals surface area (Å²) in [6, 6.07) is 9.29. The number of fused-ring (bicyclic) bond motifs is 1. The van der Waals surface area contributed by atoms with Gasteiger partial charge in [0.05, 0.1) is 18.8 Å². The molecule has 1 N–H and O–H groups in total. The largest absolute Gasteiger partial charge is 0.465 e. The summed E-state index contributed by atoms with van der Waals surface area (Å²) in [5.74, 6) is -0.171. The molecule has 24 heavy (non-hydrogen) atoms. The molecule has 2 aromatic rings. The van der Waals surface area contributed by atoms with Crippen molar-refractivity contribution in [3.63, 3.8) is 0 Å². The second-order valence-electron chi connectivity index (χ2n) is 5.98. The lowest BCUT2D eigenvalue weighted by Gasteiger charge is -2.32. The SMILES string of the molecule is CCOC(=O)CN1CCC(Nc2cc(=O)oc3ccccc23)CC1. The maximum atomic E-state index is 11.7. The van der Waals surface area contributed by atoms with Gasteiger partial charge in [-0.3, -0.25) is 9.69 Å². The number of para-hydroxylation sites is 1. The minimum absolute atomic E-state index is 0.171. The summed E-state index contributed by atoms with van der Waals surface area (Å²) in [6.45, 7) is 4.24. The Morgan fingerprint density at radius 1 is 1.33 bits per heavy atom. The molecule has 0 amide bonds. The minimum atomic E-state index is -0.351. The summed E-state index contributed by atoms with van der Waals surface area (Å²) in [7, 11) is 0. The molecule has 1 fully saturated rings. The molecule has 1 aliphatic heterocycles. The number of carbonyl (C=O) groups excluding carboxylic acids is 1. The Morgan fingerprint density at radius 3 is 2.83 bits per heavy atom. The standard InChI is InChI=1S/C18H22N2O4/c1-2-23-18(22)12-20-9-7-13(8-10-20)19-15-11-17(21)24-16-6-4-3-5-14(15)16/h3-6,11,13,19H,2,7-10,12H2,1H3. The molecule has 0 unspecified atom stereocenters. The van der Waals surface area contributed by atoms with E-state index in [1.54, 1.807) is 6.07 Å². The summed E-state index contributed by atoms with van der Waals surface area (Å²) in [4.78, 5) is 25.4. The molecule has 1 aliphatic rings. The molecule has 2 heterocycles. The third-order valence-corrected chi connectivity index (χ3v) is 4.26. The van der Waals surface area contributed by atoms with Crippen LogP contribution in [0.1, 0.15) is 19.8 Å². The Morgan fingerprint density at radius 2 is 2.08 bits per heavy atom. The zero-order valence-corrected chi connectivity index (χ0v) is 13.8. The number of hydrogen-bond donors (Lipinski definition) is 1. The Labute approximate surface area is 140 Å². The molecule has 0 spiro atoms. The molecule has 1 saturated heterocycles. The summed E-state index contributed by atoms with van der Waals surface area (Å²) in [5, 5.41) is 4.37. The minimum Gasteiger partial charge on any atom is -0.465 e. The number of rotatable bonds is 5. The van der Waals surface area contributed by atoms with Gasteiger partial charge in [0.15, 0.2) is 0 Å². The first-order chi connectivity index (χ1) is 11.7. The number of likely N-dealkylation sites (tertiary alicyclic amines) is 1. The lowest BCUT2D eigenvalue weighted by molar-refractivity contribution is -0.144. The highest BCUT2D eigenvalue weighted by molar-refractivity contribution is 5.89. The third-order valence-electron chi connectivity index (χ3n) is 4.26. The maximum Gasteiger partial charge on any atom is 0.338 e. The quantitative estimate of drug-likeness (QED) is 0.669. The molecule has 0 aliphatic carbocycles. The van der Waals surface area contributed by atoms with E-state index in [1.807, 2.05) is 25.1 Å². The highest BCUT2D eigenvalue weighted by atomic mass is 16.5. The fourth-order valence-electron chi connectivity index (χ4n) is 3.08. The van der Waals surface area contributed by atoms with Gasteiger partial charge in [0.25, 0.3) is 0 Å². The van der Waals surface area contributed by atoms with Gasteiger partial charge in [0.1, 0.15) is 5.58 Å². The second-order valence-corrected chi connectivity index (χ2v) is 5.98. The maximum absolute atomic E-state index is 11.7. The van der Waals surface area contributed by atoms with E-state index in [1.165, 1.54) is 6.07 Å². The van der Waals surface area contributed by atoms with Crippen LogP contribution >= 0.6 is 0 Å². The molecular formula is C18H22N2O4. The van der Waals surface area contributed by atoms with Crippen LogP contribution in [0.2, 0.25) is 0 Å². The Hall–Kier alpha value is -2.34.